The van der Waals surface area contributed by atoms with Crippen LogP contribution in [0.3, 0.4) is 0 Å². The molecular formula is C20H27N3O8. The Morgan fingerprint density at radius 3 is 2.45 bits per heavy atom. The van der Waals surface area contributed by atoms with Crippen LogP contribution in [0.5, 0.6) is 11.5 Å². The van der Waals surface area contributed by atoms with Gasteiger partial charge in [0.15, 0.2) is 17.6 Å². The fourth-order valence-corrected chi connectivity index (χ4v) is 3.25. The monoisotopic (exact) mass is 437 g/mol. The number of nitro groups is 1. The largest absolute Gasteiger partial charge is 0.493 e. The third-order valence-corrected chi connectivity index (χ3v) is 4.83. The first kappa shape index (κ1) is 23.9. The molecule has 0 aromatic heterocycles. The number of imide groups is 1. The van der Waals surface area contributed by atoms with Gasteiger partial charge in [-0.2, -0.15) is 0 Å². The van der Waals surface area contributed by atoms with E-state index in [1.54, 1.807) is 6.92 Å². The maximum atomic E-state index is 12.5. The van der Waals surface area contributed by atoms with Gasteiger partial charge in [0.05, 0.1) is 24.7 Å². The van der Waals surface area contributed by atoms with Gasteiger partial charge in [0.25, 0.3) is 11.6 Å². The second-order valence-corrected chi connectivity index (χ2v) is 7.06. The lowest BCUT2D eigenvalue weighted by Crippen LogP contribution is -2.48. The average molecular weight is 437 g/mol. The normalized spacial score (nSPS) is 14.8. The Morgan fingerprint density at radius 2 is 1.87 bits per heavy atom. The van der Waals surface area contributed by atoms with Gasteiger partial charge in [-0.15, -0.1) is 0 Å². The molecule has 1 aliphatic rings. The van der Waals surface area contributed by atoms with E-state index in [-0.39, 0.29) is 24.1 Å². The number of hydrogen-bond acceptors (Lipinski definition) is 8. The molecular weight excluding hydrogens is 410 g/mol. The summed E-state index contributed by atoms with van der Waals surface area (Å²) < 4.78 is 15.4. The highest BCUT2D eigenvalue weighted by atomic mass is 16.6. The molecule has 2 N–H and O–H groups in total. The van der Waals surface area contributed by atoms with Crippen LogP contribution in [0.1, 0.15) is 56.3 Å². The molecule has 0 bridgehead atoms. The number of nitrogens with zero attached hydrogens (tertiary/aromatic N) is 1. The third kappa shape index (κ3) is 6.56. The van der Waals surface area contributed by atoms with Crippen molar-refractivity contribution in [3.8, 4) is 11.5 Å². The molecule has 31 heavy (non-hydrogen) atoms. The van der Waals surface area contributed by atoms with E-state index in [9.17, 15) is 24.5 Å². The van der Waals surface area contributed by atoms with E-state index in [1.165, 1.54) is 14.0 Å². The summed E-state index contributed by atoms with van der Waals surface area (Å²) in [6, 6.07) is 1.50. The van der Waals surface area contributed by atoms with Gasteiger partial charge in [-0.25, -0.2) is 9.59 Å². The lowest BCUT2D eigenvalue weighted by atomic mass is 9.96. The minimum atomic E-state index is -1.36. The molecule has 11 heteroatoms. The molecule has 0 radical (unpaired) electrons. The van der Waals surface area contributed by atoms with Gasteiger partial charge < -0.3 is 19.5 Å². The minimum Gasteiger partial charge on any atom is -0.493 e. The molecule has 1 aromatic carbocycles. The van der Waals surface area contributed by atoms with Crippen molar-refractivity contribution in [2.24, 2.45) is 0 Å². The van der Waals surface area contributed by atoms with Gasteiger partial charge in [0.2, 0.25) is 0 Å². The number of amides is 3. The summed E-state index contributed by atoms with van der Waals surface area (Å²) in [5.41, 5.74) is -0.964. The summed E-state index contributed by atoms with van der Waals surface area (Å²) in [7, 11) is 1.32. The number of rotatable bonds is 8. The van der Waals surface area contributed by atoms with Crippen molar-refractivity contribution in [1.29, 1.82) is 0 Å². The molecule has 1 aromatic rings. The maximum absolute atomic E-state index is 12.5. The Labute approximate surface area is 179 Å². The fraction of sp³-hybridized carbons (Fsp3) is 0.550. The average Bonchev–Trinajstić information content (AvgIpc) is 2.73. The summed E-state index contributed by atoms with van der Waals surface area (Å²) in [4.78, 5) is 47.4. The molecule has 1 atom stereocenters. The molecule has 1 aliphatic carbocycles. The highest BCUT2D eigenvalue weighted by molar-refractivity contribution is 6.00. The van der Waals surface area contributed by atoms with Crippen molar-refractivity contribution in [3.63, 3.8) is 0 Å². The van der Waals surface area contributed by atoms with E-state index < -0.39 is 40.2 Å². The SMILES string of the molecule is CCOc1cc([N+](=O)[O-])c(C(=O)OC(C)C(=O)NC(=O)NC2CCCCC2)cc1OC. The molecule has 11 nitrogen and oxygen atoms in total. The third-order valence-electron chi connectivity index (χ3n) is 4.83. The van der Waals surface area contributed by atoms with Crippen LogP contribution in [0.15, 0.2) is 12.1 Å². The predicted molar refractivity (Wildman–Crippen MR) is 109 cm³/mol. The van der Waals surface area contributed by atoms with E-state index in [1.807, 2.05) is 0 Å². The Kier molecular flexibility index (Phi) is 8.59. The molecule has 2 rings (SSSR count). The number of esters is 1. The lowest BCUT2D eigenvalue weighted by molar-refractivity contribution is -0.385. The van der Waals surface area contributed by atoms with Gasteiger partial charge in [-0.3, -0.25) is 20.2 Å². The molecule has 3 amide bonds. The van der Waals surface area contributed by atoms with Crippen LogP contribution >= 0.6 is 0 Å². The van der Waals surface area contributed by atoms with E-state index >= 15 is 0 Å². The van der Waals surface area contributed by atoms with Gasteiger partial charge >= 0.3 is 12.0 Å². The van der Waals surface area contributed by atoms with Crippen molar-refractivity contribution in [2.75, 3.05) is 13.7 Å². The molecule has 170 valence electrons. The number of methoxy groups -OCH3 is 1. The predicted octanol–water partition coefficient (Wildman–Crippen LogP) is 2.71. The Balaban J connectivity index is 2.06. The van der Waals surface area contributed by atoms with E-state index in [2.05, 4.69) is 10.6 Å². The first-order valence-electron chi connectivity index (χ1n) is 10.1. The minimum absolute atomic E-state index is 0.00150. The van der Waals surface area contributed by atoms with Crippen LogP contribution in [-0.4, -0.2) is 48.7 Å². The zero-order chi connectivity index (χ0) is 23.0. The second-order valence-electron chi connectivity index (χ2n) is 7.06. The summed E-state index contributed by atoms with van der Waals surface area (Å²) in [5, 5.41) is 16.2. The van der Waals surface area contributed by atoms with Gasteiger partial charge in [-0.05, 0) is 26.7 Å². The number of urea groups is 1. The van der Waals surface area contributed by atoms with Crippen LogP contribution in [0.2, 0.25) is 0 Å². The number of nitro benzene ring substituents is 1. The first-order valence-corrected chi connectivity index (χ1v) is 10.1. The van der Waals surface area contributed by atoms with Crippen LogP contribution in [-0.2, 0) is 9.53 Å². The molecule has 1 saturated carbocycles. The highest BCUT2D eigenvalue weighted by Gasteiger charge is 2.29. The lowest BCUT2D eigenvalue weighted by Gasteiger charge is -2.23. The second kappa shape index (κ2) is 11.1. The number of carbonyl (C=O) groups is 3. The van der Waals surface area contributed by atoms with Crippen LogP contribution in [0, 0.1) is 10.1 Å². The quantitative estimate of drug-likeness (QED) is 0.358. The van der Waals surface area contributed by atoms with Crippen LogP contribution < -0.4 is 20.1 Å². The maximum Gasteiger partial charge on any atom is 0.346 e. The summed E-state index contributed by atoms with van der Waals surface area (Å²) in [5.74, 6) is -1.76. The molecule has 0 aliphatic heterocycles. The zero-order valence-electron chi connectivity index (χ0n) is 17.8. The van der Waals surface area contributed by atoms with Crippen molar-refractivity contribution in [3.05, 3.63) is 27.8 Å². The molecule has 1 unspecified atom stereocenters. The van der Waals surface area contributed by atoms with Crippen molar-refractivity contribution < 1.29 is 33.5 Å². The number of carbonyl (C=O) groups excluding carboxylic acids is 3. The van der Waals surface area contributed by atoms with Gasteiger partial charge in [0, 0.05) is 12.1 Å². The summed E-state index contributed by atoms with van der Waals surface area (Å²) in [6.45, 7) is 3.19. The molecule has 0 saturated heterocycles. The first-order chi connectivity index (χ1) is 14.8. The fourth-order valence-electron chi connectivity index (χ4n) is 3.25. The zero-order valence-corrected chi connectivity index (χ0v) is 17.8. The van der Waals surface area contributed by atoms with Crippen molar-refractivity contribution in [1.82, 2.24) is 10.6 Å². The topological polar surface area (TPSA) is 146 Å². The Morgan fingerprint density at radius 1 is 1.19 bits per heavy atom. The number of benzene rings is 1. The van der Waals surface area contributed by atoms with E-state index in [0.29, 0.717) is 0 Å². The number of hydrogen-bond donors (Lipinski definition) is 2. The number of ether oxygens (including phenoxy) is 3. The van der Waals surface area contributed by atoms with E-state index in [0.717, 1.165) is 44.2 Å². The highest BCUT2D eigenvalue weighted by Crippen LogP contribution is 2.35. The smallest absolute Gasteiger partial charge is 0.346 e. The molecule has 0 heterocycles. The van der Waals surface area contributed by atoms with Crippen LogP contribution in [0.25, 0.3) is 0 Å². The molecule has 0 spiro atoms. The summed E-state index contributed by atoms with van der Waals surface area (Å²) in [6.07, 6.45) is 3.47. The molecule has 1 fully saturated rings. The van der Waals surface area contributed by atoms with E-state index in [4.69, 9.17) is 14.2 Å². The Bertz CT molecular complexity index is 836. The van der Waals surface area contributed by atoms with Crippen molar-refractivity contribution in [2.45, 2.75) is 58.1 Å². The Hall–Kier alpha value is -3.37. The van der Waals surface area contributed by atoms with Gasteiger partial charge in [-0.1, -0.05) is 19.3 Å². The standard InChI is InChI=1S/C20H27N3O8/c1-4-30-17-11-15(23(27)28)14(10-16(17)29-3)19(25)31-12(2)18(24)22-20(26)21-13-8-6-5-7-9-13/h10-13H,4-9H2,1-3H3,(H2,21,22,24,26). The summed E-state index contributed by atoms with van der Waals surface area (Å²) >= 11 is 0. The van der Waals surface area contributed by atoms with Crippen LogP contribution in [0.4, 0.5) is 10.5 Å². The van der Waals surface area contributed by atoms with Gasteiger partial charge in [0.1, 0.15) is 5.56 Å². The number of nitrogens with one attached hydrogen (secondary N) is 2. The van der Waals surface area contributed by atoms with Crippen molar-refractivity contribution >= 4 is 23.6 Å².